The van der Waals surface area contributed by atoms with Crippen molar-refractivity contribution in [1.82, 2.24) is 4.98 Å². The van der Waals surface area contributed by atoms with E-state index in [1.807, 2.05) is 0 Å². The van der Waals surface area contributed by atoms with Crippen LogP contribution in [0.4, 0.5) is 0 Å². The van der Waals surface area contributed by atoms with E-state index < -0.39 is 0 Å². The van der Waals surface area contributed by atoms with Crippen molar-refractivity contribution in [2.45, 2.75) is 26.2 Å². The molecule has 0 aliphatic carbocycles. The molecular weight excluding hydrogens is 114 g/mol. The molecule has 0 aromatic carbocycles. The maximum absolute atomic E-state index is 4.96. The van der Waals surface area contributed by atoms with Crippen LogP contribution in [0.15, 0.2) is 10.6 Å². The summed E-state index contributed by atoms with van der Waals surface area (Å²) >= 11 is 0. The predicted molar refractivity (Wildman–Crippen MR) is 34.0 cm³/mol. The monoisotopic (exact) mass is 124 g/mol. The minimum absolute atomic E-state index is 0.0625. The summed E-state index contributed by atoms with van der Waals surface area (Å²) in [5.74, 6) is 0.877. The molecule has 1 aromatic rings. The molecule has 0 bridgehead atoms. The lowest BCUT2D eigenvalue weighted by Crippen LogP contribution is -2.08. The Labute approximate surface area is 54.9 Å². The van der Waals surface area contributed by atoms with Crippen LogP contribution in [0.1, 0.15) is 26.5 Å². The van der Waals surface area contributed by atoms with E-state index in [-0.39, 0.29) is 5.41 Å². The summed E-state index contributed by atoms with van der Waals surface area (Å²) in [6, 6.07) is 0. The highest BCUT2D eigenvalue weighted by Crippen LogP contribution is 2.20. The summed E-state index contributed by atoms with van der Waals surface area (Å²) in [6.07, 6.45) is 4.11. The van der Waals surface area contributed by atoms with Crippen LogP contribution in [-0.2, 0) is 5.41 Å². The van der Waals surface area contributed by atoms with E-state index >= 15 is 0 Å². The Balaban J connectivity index is 2.90. The Kier molecular flexibility index (Phi) is 1.31. The standard InChI is InChI=1S/C7H10NO/c1-7(2,3)6-4-8-5-9-6/h4H,1-3H3. The summed E-state index contributed by atoms with van der Waals surface area (Å²) in [7, 11) is 0. The molecule has 1 heterocycles. The Morgan fingerprint density at radius 2 is 2.22 bits per heavy atom. The van der Waals surface area contributed by atoms with Crippen LogP contribution in [0.5, 0.6) is 0 Å². The highest BCUT2D eigenvalue weighted by Gasteiger charge is 2.16. The van der Waals surface area contributed by atoms with Crippen molar-refractivity contribution in [3.05, 3.63) is 18.4 Å². The first-order chi connectivity index (χ1) is 4.11. The van der Waals surface area contributed by atoms with Gasteiger partial charge in [-0.3, -0.25) is 0 Å². The molecule has 0 N–H and O–H groups in total. The van der Waals surface area contributed by atoms with Crippen molar-refractivity contribution >= 4 is 0 Å². The number of rotatable bonds is 0. The van der Waals surface area contributed by atoms with Crippen LogP contribution >= 0.6 is 0 Å². The maximum Gasteiger partial charge on any atom is 0.283 e. The largest absolute Gasteiger partial charge is 0.437 e. The van der Waals surface area contributed by atoms with E-state index in [1.54, 1.807) is 6.20 Å². The fraction of sp³-hybridized carbons (Fsp3) is 0.571. The summed E-state index contributed by atoms with van der Waals surface area (Å²) in [5.41, 5.74) is 0.0625. The van der Waals surface area contributed by atoms with Crippen LogP contribution in [0.25, 0.3) is 0 Å². The second-order valence-corrected chi connectivity index (χ2v) is 3.07. The van der Waals surface area contributed by atoms with E-state index in [0.29, 0.717) is 0 Å². The van der Waals surface area contributed by atoms with Crippen LogP contribution in [0, 0.1) is 6.39 Å². The molecule has 9 heavy (non-hydrogen) atoms. The third-order valence-electron chi connectivity index (χ3n) is 1.13. The minimum atomic E-state index is 0.0625. The molecule has 0 spiro atoms. The first-order valence-electron chi connectivity index (χ1n) is 2.93. The average Bonchev–Trinajstić information content (AvgIpc) is 2.08. The molecule has 0 aliphatic heterocycles. The zero-order chi connectivity index (χ0) is 6.91. The lowest BCUT2D eigenvalue weighted by Gasteiger charge is -2.12. The van der Waals surface area contributed by atoms with Crippen molar-refractivity contribution in [2.75, 3.05) is 0 Å². The average molecular weight is 124 g/mol. The highest BCUT2D eigenvalue weighted by atomic mass is 16.3. The highest BCUT2D eigenvalue weighted by molar-refractivity contribution is 5.02. The zero-order valence-electron chi connectivity index (χ0n) is 5.93. The van der Waals surface area contributed by atoms with Gasteiger partial charge in [0.05, 0.1) is 6.20 Å². The number of aromatic nitrogens is 1. The Bertz CT molecular complexity index is 171. The molecule has 0 saturated carbocycles. The van der Waals surface area contributed by atoms with E-state index in [4.69, 9.17) is 4.42 Å². The molecular formula is C7H10NO. The topological polar surface area (TPSA) is 26.0 Å². The van der Waals surface area contributed by atoms with Crippen LogP contribution in [0.2, 0.25) is 0 Å². The van der Waals surface area contributed by atoms with Gasteiger partial charge < -0.3 is 4.42 Å². The minimum Gasteiger partial charge on any atom is -0.437 e. The number of hydrogen-bond acceptors (Lipinski definition) is 2. The van der Waals surface area contributed by atoms with E-state index in [9.17, 15) is 0 Å². The second kappa shape index (κ2) is 1.87. The van der Waals surface area contributed by atoms with Gasteiger partial charge in [-0.25, -0.2) is 4.98 Å². The van der Waals surface area contributed by atoms with Gasteiger partial charge in [0.2, 0.25) is 0 Å². The molecule has 1 rings (SSSR count). The fourth-order valence-electron chi connectivity index (χ4n) is 0.534. The summed E-state index contributed by atoms with van der Waals surface area (Å²) in [6.45, 7) is 6.21. The summed E-state index contributed by atoms with van der Waals surface area (Å²) in [4.78, 5) is 3.70. The molecule has 0 atom stereocenters. The third kappa shape index (κ3) is 1.31. The molecule has 0 aliphatic rings. The summed E-state index contributed by atoms with van der Waals surface area (Å²) < 4.78 is 4.96. The van der Waals surface area contributed by atoms with Crippen molar-refractivity contribution in [2.24, 2.45) is 0 Å². The molecule has 0 unspecified atom stereocenters. The van der Waals surface area contributed by atoms with Gasteiger partial charge in [0.1, 0.15) is 5.76 Å². The molecule has 49 valence electrons. The molecule has 2 heteroatoms. The van der Waals surface area contributed by atoms with Gasteiger partial charge in [-0.05, 0) is 0 Å². The Morgan fingerprint density at radius 1 is 1.56 bits per heavy atom. The van der Waals surface area contributed by atoms with Crippen LogP contribution < -0.4 is 0 Å². The SMILES string of the molecule is CC(C)(C)c1cn[c]o1. The van der Waals surface area contributed by atoms with Gasteiger partial charge in [-0.15, -0.1) is 0 Å². The maximum atomic E-state index is 4.96. The van der Waals surface area contributed by atoms with Gasteiger partial charge in [-0.2, -0.15) is 0 Å². The fourth-order valence-corrected chi connectivity index (χ4v) is 0.534. The van der Waals surface area contributed by atoms with Crippen molar-refractivity contribution in [3.8, 4) is 0 Å². The van der Waals surface area contributed by atoms with E-state index in [1.165, 1.54) is 0 Å². The van der Waals surface area contributed by atoms with Gasteiger partial charge >= 0.3 is 0 Å². The van der Waals surface area contributed by atoms with E-state index in [0.717, 1.165) is 5.76 Å². The molecule has 2 nitrogen and oxygen atoms in total. The second-order valence-electron chi connectivity index (χ2n) is 3.07. The smallest absolute Gasteiger partial charge is 0.283 e. The van der Waals surface area contributed by atoms with Gasteiger partial charge in [0, 0.05) is 5.41 Å². The number of hydrogen-bond donors (Lipinski definition) is 0. The third-order valence-corrected chi connectivity index (χ3v) is 1.13. The molecule has 0 fully saturated rings. The zero-order valence-corrected chi connectivity index (χ0v) is 5.93. The molecule has 1 aromatic heterocycles. The van der Waals surface area contributed by atoms with Crippen LogP contribution in [-0.4, -0.2) is 4.98 Å². The Morgan fingerprint density at radius 3 is 2.44 bits per heavy atom. The quantitative estimate of drug-likeness (QED) is 0.526. The number of oxazole rings is 1. The normalized spacial score (nSPS) is 11.9. The van der Waals surface area contributed by atoms with Gasteiger partial charge in [0.15, 0.2) is 0 Å². The number of nitrogens with zero attached hydrogens (tertiary/aromatic N) is 1. The first-order valence-corrected chi connectivity index (χ1v) is 2.93. The molecule has 1 radical (unpaired) electrons. The van der Waals surface area contributed by atoms with Crippen LogP contribution in [0.3, 0.4) is 0 Å². The van der Waals surface area contributed by atoms with Crippen molar-refractivity contribution in [3.63, 3.8) is 0 Å². The Hall–Kier alpha value is -0.790. The molecule has 0 saturated heterocycles. The van der Waals surface area contributed by atoms with Gasteiger partial charge in [0.25, 0.3) is 6.39 Å². The predicted octanol–water partition coefficient (Wildman–Crippen LogP) is 1.77. The summed E-state index contributed by atoms with van der Waals surface area (Å²) in [5, 5.41) is 0. The molecule has 0 amide bonds. The van der Waals surface area contributed by atoms with E-state index in [2.05, 4.69) is 32.1 Å². The van der Waals surface area contributed by atoms with Gasteiger partial charge in [-0.1, -0.05) is 20.8 Å². The van der Waals surface area contributed by atoms with Crippen molar-refractivity contribution < 1.29 is 4.42 Å². The first kappa shape index (κ1) is 6.33. The lowest BCUT2D eigenvalue weighted by molar-refractivity contribution is 0.403. The van der Waals surface area contributed by atoms with Crippen molar-refractivity contribution in [1.29, 1.82) is 0 Å². The lowest BCUT2D eigenvalue weighted by atomic mass is 9.94.